The van der Waals surface area contributed by atoms with E-state index < -0.39 is 9.84 Å². The van der Waals surface area contributed by atoms with E-state index in [2.05, 4.69) is 20.8 Å². The van der Waals surface area contributed by atoms with E-state index in [0.717, 1.165) is 5.56 Å². The van der Waals surface area contributed by atoms with Crippen LogP contribution in [-0.2, 0) is 9.84 Å². The number of nitrogens with zero attached hydrogens (tertiary/aromatic N) is 2. The van der Waals surface area contributed by atoms with Gasteiger partial charge in [0.1, 0.15) is 5.82 Å². The summed E-state index contributed by atoms with van der Waals surface area (Å²) in [6.07, 6.45) is 0.556. The number of hydrogen-bond acceptors (Lipinski definition) is 6. The van der Waals surface area contributed by atoms with Crippen LogP contribution in [0.25, 0.3) is 0 Å². The second kappa shape index (κ2) is 7.18. The molecule has 0 spiro atoms. The molecular formula is C17H20N4O3S. The SMILES string of the molecule is CC(NC(=O)c1ccc(NC2CCS(=O)(=O)C2)nn1)c1ccccc1. The van der Waals surface area contributed by atoms with E-state index in [1.165, 1.54) is 0 Å². The van der Waals surface area contributed by atoms with Crippen molar-refractivity contribution in [2.75, 3.05) is 16.8 Å². The number of nitrogens with one attached hydrogen (secondary N) is 2. The topological polar surface area (TPSA) is 101 Å². The molecule has 2 N–H and O–H groups in total. The van der Waals surface area contributed by atoms with Gasteiger partial charge in [-0.25, -0.2) is 8.42 Å². The number of rotatable bonds is 5. The number of aromatic nitrogens is 2. The molecule has 2 aromatic rings. The summed E-state index contributed by atoms with van der Waals surface area (Å²) in [6, 6.07) is 12.6. The van der Waals surface area contributed by atoms with Gasteiger partial charge in [-0.15, -0.1) is 10.2 Å². The van der Waals surface area contributed by atoms with Crippen molar-refractivity contribution in [3.05, 3.63) is 53.7 Å². The van der Waals surface area contributed by atoms with Crippen molar-refractivity contribution in [1.82, 2.24) is 15.5 Å². The summed E-state index contributed by atoms with van der Waals surface area (Å²) < 4.78 is 22.9. The smallest absolute Gasteiger partial charge is 0.272 e. The van der Waals surface area contributed by atoms with Crippen LogP contribution in [0.15, 0.2) is 42.5 Å². The molecule has 1 aromatic carbocycles. The van der Waals surface area contributed by atoms with Gasteiger partial charge in [-0.2, -0.15) is 0 Å². The predicted molar refractivity (Wildman–Crippen MR) is 95.0 cm³/mol. The lowest BCUT2D eigenvalue weighted by Gasteiger charge is -2.14. The second-order valence-electron chi connectivity index (χ2n) is 6.15. The molecule has 1 aliphatic rings. The molecule has 2 heterocycles. The summed E-state index contributed by atoms with van der Waals surface area (Å²) in [7, 11) is -2.95. The molecule has 2 unspecified atom stereocenters. The maximum absolute atomic E-state index is 12.3. The van der Waals surface area contributed by atoms with E-state index in [1.54, 1.807) is 12.1 Å². The monoisotopic (exact) mass is 360 g/mol. The molecule has 1 aromatic heterocycles. The Hall–Kier alpha value is -2.48. The maximum Gasteiger partial charge on any atom is 0.272 e. The standard InChI is InChI=1S/C17H20N4O3S/c1-12(13-5-3-2-4-6-13)18-17(22)15-7-8-16(21-20-15)19-14-9-10-25(23,24)11-14/h2-8,12,14H,9-11H2,1H3,(H,18,22)(H,19,21). The molecule has 0 aliphatic carbocycles. The van der Waals surface area contributed by atoms with E-state index in [0.29, 0.717) is 12.2 Å². The van der Waals surface area contributed by atoms with Crippen molar-refractivity contribution in [3.63, 3.8) is 0 Å². The number of benzene rings is 1. The Balaban J connectivity index is 1.59. The zero-order chi connectivity index (χ0) is 17.9. The Morgan fingerprint density at radius 2 is 1.92 bits per heavy atom. The van der Waals surface area contributed by atoms with Crippen molar-refractivity contribution >= 4 is 21.6 Å². The fraction of sp³-hybridized carbons (Fsp3) is 0.353. The summed E-state index contributed by atoms with van der Waals surface area (Å²) in [5.41, 5.74) is 1.22. The highest BCUT2D eigenvalue weighted by Crippen LogP contribution is 2.16. The molecule has 0 saturated carbocycles. The number of amides is 1. The van der Waals surface area contributed by atoms with Crippen LogP contribution in [0.2, 0.25) is 0 Å². The molecule has 25 heavy (non-hydrogen) atoms. The van der Waals surface area contributed by atoms with Crippen molar-refractivity contribution in [2.45, 2.75) is 25.4 Å². The van der Waals surface area contributed by atoms with E-state index in [4.69, 9.17) is 0 Å². The average molecular weight is 360 g/mol. The highest BCUT2D eigenvalue weighted by Gasteiger charge is 2.28. The van der Waals surface area contributed by atoms with E-state index >= 15 is 0 Å². The first kappa shape index (κ1) is 17.3. The van der Waals surface area contributed by atoms with Gasteiger partial charge in [0, 0.05) is 6.04 Å². The lowest BCUT2D eigenvalue weighted by molar-refractivity contribution is 0.0934. The van der Waals surface area contributed by atoms with Gasteiger partial charge >= 0.3 is 0 Å². The third kappa shape index (κ3) is 4.54. The third-order valence-corrected chi connectivity index (χ3v) is 5.90. The van der Waals surface area contributed by atoms with Crippen LogP contribution < -0.4 is 10.6 Å². The van der Waals surface area contributed by atoms with Crippen molar-refractivity contribution < 1.29 is 13.2 Å². The Morgan fingerprint density at radius 1 is 1.16 bits per heavy atom. The predicted octanol–water partition coefficient (Wildman–Crippen LogP) is 1.57. The minimum Gasteiger partial charge on any atom is -0.365 e. The lowest BCUT2D eigenvalue weighted by Crippen LogP contribution is -2.28. The van der Waals surface area contributed by atoms with Crippen LogP contribution in [0.5, 0.6) is 0 Å². The van der Waals surface area contributed by atoms with E-state index in [1.807, 2.05) is 37.3 Å². The van der Waals surface area contributed by atoms with Gasteiger partial charge in [0.15, 0.2) is 15.5 Å². The fourth-order valence-corrected chi connectivity index (χ4v) is 4.42. The van der Waals surface area contributed by atoms with Gasteiger partial charge in [0.05, 0.1) is 17.5 Å². The zero-order valence-electron chi connectivity index (χ0n) is 13.8. The average Bonchev–Trinajstić information content (AvgIpc) is 2.94. The summed E-state index contributed by atoms with van der Waals surface area (Å²) in [5, 5.41) is 13.8. The lowest BCUT2D eigenvalue weighted by atomic mass is 10.1. The molecule has 1 fully saturated rings. The Morgan fingerprint density at radius 3 is 2.52 bits per heavy atom. The largest absolute Gasteiger partial charge is 0.365 e. The van der Waals surface area contributed by atoms with Gasteiger partial charge in [0.25, 0.3) is 5.91 Å². The number of carbonyl (C=O) groups excluding carboxylic acids is 1. The summed E-state index contributed by atoms with van der Waals surface area (Å²) in [4.78, 5) is 12.3. The van der Waals surface area contributed by atoms with Gasteiger partial charge in [0.2, 0.25) is 0 Å². The minimum atomic E-state index is -2.95. The highest BCUT2D eigenvalue weighted by atomic mass is 32.2. The maximum atomic E-state index is 12.3. The molecule has 1 amide bonds. The van der Waals surface area contributed by atoms with Crippen LogP contribution in [0.3, 0.4) is 0 Å². The van der Waals surface area contributed by atoms with Crippen LogP contribution >= 0.6 is 0 Å². The minimum absolute atomic E-state index is 0.103. The second-order valence-corrected chi connectivity index (χ2v) is 8.38. The third-order valence-electron chi connectivity index (χ3n) is 4.13. The van der Waals surface area contributed by atoms with E-state index in [9.17, 15) is 13.2 Å². The molecule has 0 radical (unpaired) electrons. The normalized spacial score (nSPS) is 20.0. The number of hydrogen-bond donors (Lipinski definition) is 2. The fourth-order valence-electron chi connectivity index (χ4n) is 2.74. The number of sulfone groups is 1. The van der Waals surface area contributed by atoms with Gasteiger partial charge in [-0.3, -0.25) is 4.79 Å². The number of carbonyl (C=O) groups is 1. The Kier molecular flexibility index (Phi) is 4.98. The van der Waals surface area contributed by atoms with Crippen molar-refractivity contribution in [3.8, 4) is 0 Å². The van der Waals surface area contributed by atoms with Crippen LogP contribution in [0.1, 0.15) is 35.4 Å². The zero-order valence-corrected chi connectivity index (χ0v) is 14.7. The molecule has 1 aliphatic heterocycles. The summed E-state index contributed by atoms with van der Waals surface area (Å²) in [5.74, 6) is 0.454. The van der Waals surface area contributed by atoms with Crippen LogP contribution in [-0.4, -0.2) is 42.1 Å². The molecule has 2 atom stereocenters. The van der Waals surface area contributed by atoms with Crippen LogP contribution in [0.4, 0.5) is 5.82 Å². The quantitative estimate of drug-likeness (QED) is 0.839. The first-order valence-electron chi connectivity index (χ1n) is 8.09. The van der Waals surface area contributed by atoms with Crippen molar-refractivity contribution in [2.24, 2.45) is 0 Å². The van der Waals surface area contributed by atoms with Crippen LogP contribution in [0, 0.1) is 0 Å². The van der Waals surface area contributed by atoms with Gasteiger partial charge < -0.3 is 10.6 Å². The molecule has 3 rings (SSSR count). The molecular weight excluding hydrogens is 340 g/mol. The Labute approximate surface area is 146 Å². The number of anilines is 1. The Bertz CT molecular complexity index is 838. The van der Waals surface area contributed by atoms with Gasteiger partial charge in [-0.05, 0) is 31.0 Å². The first-order chi connectivity index (χ1) is 11.9. The van der Waals surface area contributed by atoms with E-state index in [-0.39, 0.29) is 35.2 Å². The highest BCUT2D eigenvalue weighted by molar-refractivity contribution is 7.91. The summed E-state index contributed by atoms with van der Waals surface area (Å²) in [6.45, 7) is 1.90. The van der Waals surface area contributed by atoms with Crippen molar-refractivity contribution in [1.29, 1.82) is 0 Å². The first-order valence-corrected chi connectivity index (χ1v) is 9.91. The van der Waals surface area contributed by atoms with Gasteiger partial charge in [-0.1, -0.05) is 30.3 Å². The molecule has 132 valence electrons. The molecule has 7 nitrogen and oxygen atoms in total. The molecule has 8 heteroatoms. The summed E-state index contributed by atoms with van der Waals surface area (Å²) >= 11 is 0. The molecule has 1 saturated heterocycles. The molecule has 0 bridgehead atoms.